The summed E-state index contributed by atoms with van der Waals surface area (Å²) in [5.41, 5.74) is 0.165. The number of carbonyl (C=O) groups excluding carboxylic acids is 1. The first kappa shape index (κ1) is 24.2. The average Bonchev–Trinajstić information content (AvgIpc) is 3.10. The number of hydrogen-bond acceptors (Lipinski definition) is 5. The molecule has 1 amide bonds. The maximum absolute atomic E-state index is 13.2. The van der Waals surface area contributed by atoms with E-state index in [0.717, 1.165) is 38.5 Å². The van der Waals surface area contributed by atoms with Crippen LogP contribution in [0.5, 0.6) is 0 Å². The van der Waals surface area contributed by atoms with Gasteiger partial charge in [0.2, 0.25) is 15.9 Å². The molecule has 1 aromatic rings. The summed E-state index contributed by atoms with van der Waals surface area (Å²) >= 11 is 0. The van der Waals surface area contributed by atoms with E-state index in [-0.39, 0.29) is 22.3 Å². The van der Waals surface area contributed by atoms with E-state index in [0.29, 0.717) is 25.9 Å². The lowest BCUT2D eigenvalue weighted by Crippen LogP contribution is -2.45. The van der Waals surface area contributed by atoms with E-state index in [1.54, 1.807) is 12.1 Å². The van der Waals surface area contributed by atoms with Crippen molar-refractivity contribution in [3.63, 3.8) is 0 Å². The monoisotopic (exact) mass is 472 g/mol. The van der Waals surface area contributed by atoms with E-state index in [2.05, 4.69) is 4.90 Å². The lowest BCUT2D eigenvalue weighted by molar-refractivity contribution is -0.136. The highest BCUT2D eigenvalue weighted by molar-refractivity contribution is 7.89. The molecule has 7 nitrogen and oxygen atoms in total. The quantitative estimate of drug-likeness (QED) is 0.658. The summed E-state index contributed by atoms with van der Waals surface area (Å²) in [4.78, 5) is 17.8. The number of hydrogen-bond donors (Lipinski definition) is 0. The lowest BCUT2D eigenvalue weighted by atomic mass is 9.89. The van der Waals surface area contributed by atoms with Crippen molar-refractivity contribution in [2.75, 3.05) is 45.8 Å². The molecule has 2 aliphatic heterocycles. The zero-order valence-corrected chi connectivity index (χ0v) is 20.3. The van der Waals surface area contributed by atoms with Crippen LogP contribution in [0, 0.1) is 23.2 Å². The van der Waals surface area contributed by atoms with Gasteiger partial charge in [0, 0.05) is 45.2 Å². The summed E-state index contributed by atoms with van der Waals surface area (Å²) < 4.78 is 27.6. The van der Waals surface area contributed by atoms with E-state index in [9.17, 15) is 18.5 Å². The minimum atomic E-state index is -3.73. The summed E-state index contributed by atoms with van der Waals surface area (Å²) in [6.07, 6.45) is 8.88. The van der Waals surface area contributed by atoms with Gasteiger partial charge in [0.15, 0.2) is 0 Å². The Hall–Kier alpha value is -1.95. The molecule has 1 aromatic carbocycles. The highest BCUT2D eigenvalue weighted by Gasteiger charge is 2.35. The van der Waals surface area contributed by atoms with Crippen molar-refractivity contribution in [2.24, 2.45) is 11.8 Å². The molecule has 4 rings (SSSR count). The molecule has 0 aromatic heterocycles. The molecule has 0 bridgehead atoms. The molecule has 33 heavy (non-hydrogen) atoms. The van der Waals surface area contributed by atoms with Gasteiger partial charge < -0.3 is 9.80 Å². The summed E-state index contributed by atoms with van der Waals surface area (Å²) in [5, 5.41) is 9.29. The third-order valence-electron chi connectivity index (χ3n) is 7.57. The molecule has 3 aliphatic rings. The van der Waals surface area contributed by atoms with E-state index in [1.165, 1.54) is 55.1 Å². The van der Waals surface area contributed by atoms with Crippen molar-refractivity contribution in [3.05, 3.63) is 29.8 Å². The minimum absolute atomic E-state index is 0.0582. The molecule has 0 radical (unpaired) electrons. The molecule has 0 unspecified atom stereocenters. The highest BCUT2D eigenvalue weighted by Crippen LogP contribution is 2.28. The van der Waals surface area contributed by atoms with Gasteiger partial charge in [0.05, 0.1) is 10.5 Å². The Morgan fingerprint density at radius 2 is 1.64 bits per heavy atom. The second-order valence-electron chi connectivity index (χ2n) is 9.77. The Bertz CT molecular complexity index is 960. The van der Waals surface area contributed by atoms with Crippen LogP contribution in [-0.4, -0.2) is 74.2 Å². The number of nitriles is 1. The van der Waals surface area contributed by atoms with Crippen molar-refractivity contribution in [1.29, 1.82) is 5.26 Å². The van der Waals surface area contributed by atoms with Gasteiger partial charge in [0.1, 0.15) is 6.07 Å². The van der Waals surface area contributed by atoms with E-state index < -0.39 is 10.0 Å². The number of benzene rings is 1. The second-order valence-corrected chi connectivity index (χ2v) is 11.7. The molecule has 1 saturated carbocycles. The van der Waals surface area contributed by atoms with Gasteiger partial charge in [-0.15, -0.1) is 0 Å². The largest absolute Gasteiger partial charge is 0.341 e. The van der Waals surface area contributed by atoms with Crippen LogP contribution in [0.2, 0.25) is 0 Å². The molecule has 2 heterocycles. The summed E-state index contributed by atoms with van der Waals surface area (Å²) in [7, 11) is -3.73. The van der Waals surface area contributed by atoms with Crippen LogP contribution in [0.4, 0.5) is 0 Å². The first-order valence-electron chi connectivity index (χ1n) is 12.5. The number of nitrogens with zero attached hydrogens (tertiary/aromatic N) is 4. The Kier molecular flexibility index (Phi) is 8.05. The average molecular weight is 473 g/mol. The van der Waals surface area contributed by atoms with Crippen LogP contribution < -0.4 is 0 Å². The van der Waals surface area contributed by atoms with Gasteiger partial charge in [-0.3, -0.25) is 4.79 Å². The van der Waals surface area contributed by atoms with Gasteiger partial charge in [-0.05, 0) is 56.7 Å². The van der Waals surface area contributed by atoms with Crippen molar-refractivity contribution < 1.29 is 13.2 Å². The maximum atomic E-state index is 13.2. The number of sulfonamides is 1. The summed E-state index contributed by atoms with van der Waals surface area (Å²) in [6.45, 7) is 5.39. The normalized spacial score (nSPS) is 22.6. The van der Waals surface area contributed by atoms with Gasteiger partial charge in [-0.1, -0.05) is 31.4 Å². The smallest absolute Gasteiger partial charge is 0.244 e. The first-order valence-corrected chi connectivity index (χ1v) is 13.9. The fraction of sp³-hybridized carbons (Fsp3) is 0.680. The van der Waals surface area contributed by atoms with Crippen LogP contribution >= 0.6 is 0 Å². The van der Waals surface area contributed by atoms with E-state index >= 15 is 0 Å². The Morgan fingerprint density at radius 3 is 2.36 bits per heavy atom. The van der Waals surface area contributed by atoms with E-state index in [4.69, 9.17) is 0 Å². The molecule has 1 aliphatic carbocycles. The highest BCUT2D eigenvalue weighted by atomic mass is 32.2. The fourth-order valence-corrected chi connectivity index (χ4v) is 7.24. The molecular weight excluding hydrogens is 436 g/mol. The number of piperidine rings is 1. The third-order valence-corrected chi connectivity index (χ3v) is 9.53. The number of rotatable bonds is 5. The van der Waals surface area contributed by atoms with Gasteiger partial charge in [-0.2, -0.15) is 9.57 Å². The van der Waals surface area contributed by atoms with Crippen molar-refractivity contribution in [2.45, 2.75) is 56.3 Å². The first-order chi connectivity index (χ1) is 16.0. The third kappa shape index (κ3) is 5.76. The van der Waals surface area contributed by atoms with Gasteiger partial charge in [-0.25, -0.2) is 8.42 Å². The van der Waals surface area contributed by atoms with Gasteiger partial charge in [0.25, 0.3) is 0 Å². The molecule has 2 saturated heterocycles. The maximum Gasteiger partial charge on any atom is 0.244 e. The fourth-order valence-electron chi connectivity index (χ4n) is 5.63. The summed E-state index contributed by atoms with van der Waals surface area (Å²) in [6, 6.07) is 8.30. The zero-order chi connectivity index (χ0) is 23.3. The SMILES string of the molecule is N#Cc1ccccc1S(=O)(=O)N1CCC(C(=O)N2CCCN(CC3CCCCC3)CC2)CC1. The minimum Gasteiger partial charge on any atom is -0.341 e. The van der Waals surface area contributed by atoms with E-state index in [1.807, 2.05) is 11.0 Å². The van der Waals surface area contributed by atoms with Crippen LogP contribution in [-0.2, 0) is 14.8 Å². The molecule has 0 N–H and O–H groups in total. The molecular formula is C25H36N4O3S. The topological polar surface area (TPSA) is 84.7 Å². The molecule has 8 heteroatoms. The lowest BCUT2D eigenvalue weighted by Gasteiger charge is -2.33. The van der Waals surface area contributed by atoms with Gasteiger partial charge >= 0.3 is 0 Å². The van der Waals surface area contributed by atoms with Crippen LogP contribution in [0.3, 0.4) is 0 Å². The van der Waals surface area contributed by atoms with Crippen molar-refractivity contribution in [3.8, 4) is 6.07 Å². The second kappa shape index (κ2) is 11.0. The predicted octanol–water partition coefficient (Wildman–Crippen LogP) is 3.07. The van der Waals surface area contributed by atoms with Crippen LogP contribution in [0.1, 0.15) is 56.9 Å². The van der Waals surface area contributed by atoms with Crippen LogP contribution in [0.25, 0.3) is 0 Å². The molecule has 3 fully saturated rings. The van der Waals surface area contributed by atoms with Crippen LogP contribution in [0.15, 0.2) is 29.2 Å². The van der Waals surface area contributed by atoms with Crippen molar-refractivity contribution in [1.82, 2.24) is 14.1 Å². The molecule has 0 spiro atoms. The Balaban J connectivity index is 1.30. The Labute approximate surface area is 198 Å². The molecule has 180 valence electrons. The zero-order valence-electron chi connectivity index (χ0n) is 19.5. The summed E-state index contributed by atoms with van der Waals surface area (Å²) in [5.74, 6) is 0.884. The Morgan fingerprint density at radius 1 is 0.909 bits per heavy atom. The predicted molar refractivity (Wildman–Crippen MR) is 127 cm³/mol. The number of carbonyl (C=O) groups is 1. The molecule has 0 atom stereocenters. The standard InChI is InChI=1S/C25H36N4O3S/c26-19-23-9-4-5-10-24(23)33(31,32)29-15-11-22(12-16-29)25(30)28-14-6-13-27(17-18-28)20-21-7-2-1-3-8-21/h4-5,9-10,21-22H,1-3,6-8,11-18,20H2. The number of amides is 1. The van der Waals surface area contributed by atoms with Crippen molar-refractivity contribution >= 4 is 15.9 Å².